The molecule has 1 heterocycles. The van der Waals surface area contributed by atoms with Crippen LogP contribution in [0.5, 0.6) is 0 Å². The van der Waals surface area contributed by atoms with Gasteiger partial charge in [0.15, 0.2) is 0 Å². The number of carbonyl (C=O) groups excluding carboxylic acids is 1. The maximum absolute atomic E-state index is 11.5. The molecule has 0 saturated heterocycles. The second kappa shape index (κ2) is 6.50. The zero-order valence-corrected chi connectivity index (χ0v) is 10.5. The monoisotopic (exact) mass is 242 g/mol. The van der Waals surface area contributed by atoms with Crippen molar-refractivity contribution in [2.75, 3.05) is 26.7 Å². The Morgan fingerprint density at radius 1 is 1.69 bits per heavy atom. The van der Waals surface area contributed by atoms with Crippen LogP contribution < -0.4 is 5.32 Å². The minimum atomic E-state index is -0.142. The Kier molecular flexibility index (Phi) is 5.28. The first-order valence-corrected chi connectivity index (χ1v) is 6.21. The summed E-state index contributed by atoms with van der Waals surface area (Å²) in [5, 5.41) is 15.7. The average Bonchev–Trinajstić information content (AvgIpc) is 2.79. The molecular formula is C11H18N2O2S. The molecule has 0 aromatic carbocycles. The molecule has 16 heavy (non-hydrogen) atoms. The molecule has 0 spiro atoms. The predicted molar refractivity (Wildman–Crippen MR) is 65.8 cm³/mol. The quantitative estimate of drug-likeness (QED) is 0.822. The molecule has 0 aliphatic carbocycles. The topological polar surface area (TPSA) is 52.6 Å². The van der Waals surface area contributed by atoms with Crippen LogP contribution in [0, 0.1) is 0 Å². The van der Waals surface area contributed by atoms with E-state index in [1.54, 1.807) is 18.4 Å². The van der Waals surface area contributed by atoms with Crippen LogP contribution in [0.15, 0.2) is 16.8 Å². The third kappa shape index (κ3) is 3.83. The van der Waals surface area contributed by atoms with E-state index in [9.17, 15) is 4.79 Å². The number of hydrogen-bond acceptors (Lipinski definition) is 3. The minimum Gasteiger partial charge on any atom is -0.395 e. The number of carbonyl (C=O) groups is 1. The fourth-order valence-electron chi connectivity index (χ4n) is 1.30. The van der Waals surface area contributed by atoms with E-state index in [0.29, 0.717) is 19.0 Å². The number of hydrogen-bond donors (Lipinski definition) is 2. The van der Waals surface area contributed by atoms with Crippen molar-refractivity contribution in [2.45, 2.75) is 12.8 Å². The molecule has 4 nitrogen and oxygen atoms in total. The van der Waals surface area contributed by atoms with Crippen molar-refractivity contribution in [3.8, 4) is 0 Å². The third-order valence-corrected chi connectivity index (χ3v) is 3.16. The molecule has 0 saturated carbocycles. The summed E-state index contributed by atoms with van der Waals surface area (Å²) in [7, 11) is 1.67. The van der Waals surface area contributed by atoms with Crippen LogP contribution in [0.4, 0.5) is 4.79 Å². The maximum Gasteiger partial charge on any atom is 0.317 e. The van der Waals surface area contributed by atoms with Crippen LogP contribution in [0.25, 0.3) is 0 Å². The highest BCUT2D eigenvalue weighted by atomic mass is 32.1. The smallest absolute Gasteiger partial charge is 0.317 e. The Morgan fingerprint density at radius 2 is 2.44 bits per heavy atom. The summed E-state index contributed by atoms with van der Waals surface area (Å²) in [6.07, 6.45) is 0. The molecule has 0 aliphatic rings. The van der Waals surface area contributed by atoms with Crippen molar-refractivity contribution in [2.24, 2.45) is 0 Å². The van der Waals surface area contributed by atoms with E-state index >= 15 is 0 Å². The van der Waals surface area contributed by atoms with E-state index in [4.69, 9.17) is 5.11 Å². The Balaban J connectivity index is 2.31. The van der Waals surface area contributed by atoms with Gasteiger partial charge in [-0.3, -0.25) is 0 Å². The van der Waals surface area contributed by atoms with E-state index in [1.807, 2.05) is 5.38 Å². The summed E-state index contributed by atoms with van der Waals surface area (Å²) in [4.78, 5) is 13.0. The van der Waals surface area contributed by atoms with Gasteiger partial charge < -0.3 is 15.3 Å². The number of nitrogens with zero attached hydrogens (tertiary/aromatic N) is 1. The molecule has 1 unspecified atom stereocenters. The first kappa shape index (κ1) is 13.0. The minimum absolute atomic E-state index is 0.00992. The number of rotatable bonds is 5. The first-order valence-electron chi connectivity index (χ1n) is 5.27. The van der Waals surface area contributed by atoms with Crippen molar-refractivity contribution >= 4 is 17.4 Å². The highest BCUT2D eigenvalue weighted by Gasteiger charge is 2.10. The predicted octanol–water partition coefficient (Wildman–Crippen LogP) is 1.49. The number of nitrogens with one attached hydrogen (secondary N) is 1. The number of amides is 2. The molecular weight excluding hydrogens is 224 g/mol. The highest BCUT2D eigenvalue weighted by Crippen LogP contribution is 2.16. The van der Waals surface area contributed by atoms with Gasteiger partial charge in [-0.2, -0.15) is 11.3 Å². The summed E-state index contributed by atoms with van der Waals surface area (Å²) in [6.45, 7) is 3.04. The molecule has 2 amide bonds. The number of aliphatic hydroxyl groups is 1. The van der Waals surface area contributed by atoms with Gasteiger partial charge in [-0.1, -0.05) is 6.92 Å². The van der Waals surface area contributed by atoms with Crippen LogP contribution in [0.2, 0.25) is 0 Å². The number of thiophene rings is 1. The van der Waals surface area contributed by atoms with E-state index < -0.39 is 0 Å². The van der Waals surface area contributed by atoms with Crippen molar-refractivity contribution in [1.82, 2.24) is 10.2 Å². The Hall–Kier alpha value is -1.07. The van der Waals surface area contributed by atoms with Crippen LogP contribution in [0.3, 0.4) is 0 Å². The molecule has 0 fully saturated rings. The van der Waals surface area contributed by atoms with Crippen molar-refractivity contribution in [3.05, 3.63) is 22.4 Å². The van der Waals surface area contributed by atoms with Crippen molar-refractivity contribution in [1.29, 1.82) is 0 Å². The van der Waals surface area contributed by atoms with E-state index in [0.717, 1.165) is 0 Å². The van der Waals surface area contributed by atoms with Gasteiger partial charge in [-0.15, -0.1) is 0 Å². The zero-order chi connectivity index (χ0) is 12.0. The lowest BCUT2D eigenvalue weighted by molar-refractivity contribution is 0.190. The van der Waals surface area contributed by atoms with Crippen LogP contribution in [-0.4, -0.2) is 42.8 Å². The van der Waals surface area contributed by atoms with Crippen molar-refractivity contribution in [3.63, 3.8) is 0 Å². The molecule has 1 rings (SSSR count). The van der Waals surface area contributed by atoms with E-state index in [2.05, 4.69) is 23.7 Å². The number of urea groups is 1. The van der Waals surface area contributed by atoms with Gasteiger partial charge in [0, 0.05) is 20.1 Å². The summed E-state index contributed by atoms with van der Waals surface area (Å²) >= 11 is 1.66. The summed E-state index contributed by atoms with van der Waals surface area (Å²) in [5.74, 6) is 0.317. The number of aliphatic hydroxyl groups excluding tert-OH is 1. The largest absolute Gasteiger partial charge is 0.395 e. The van der Waals surface area contributed by atoms with Crippen LogP contribution >= 0.6 is 11.3 Å². The van der Waals surface area contributed by atoms with Gasteiger partial charge in [0.1, 0.15) is 0 Å². The Labute approximate surface area is 99.9 Å². The van der Waals surface area contributed by atoms with Gasteiger partial charge in [-0.25, -0.2) is 4.79 Å². The van der Waals surface area contributed by atoms with E-state index in [1.165, 1.54) is 10.5 Å². The number of likely N-dealkylation sites (N-methyl/N-ethyl adjacent to an activating group) is 1. The fraction of sp³-hybridized carbons (Fsp3) is 0.545. The zero-order valence-electron chi connectivity index (χ0n) is 9.64. The van der Waals surface area contributed by atoms with Crippen molar-refractivity contribution < 1.29 is 9.90 Å². The maximum atomic E-state index is 11.5. The van der Waals surface area contributed by atoms with Gasteiger partial charge in [0.25, 0.3) is 0 Å². The van der Waals surface area contributed by atoms with Gasteiger partial charge in [-0.05, 0) is 28.3 Å². The molecule has 0 aliphatic heterocycles. The molecule has 0 radical (unpaired) electrons. The lowest BCUT2D eigenvalue weighted by Crippen LogP contribution is -2.40. The molecule has 5 heteroatoms. The highest BCUT2D eigenvalue weighted by molar-refractivity contribution is 7.07. The molecule has 0 bridgehead atoms. The standard InChI is InChI=1S/C11H18N2O2S/c1-9(10-3-6-16-8-10)7-12-11(15)13(2)4-5-14/h3,6,8-9,14H,4-5,7H2,1-2H3,(H,12,15). The van der Waals surface area contributed by atoms with Crippen LogP contribution in [-0.2, 0) is 0 Å². The summed E-state index contributed by atoms with van der Waals surface area (Å²) in [6, 6.07) is 1.93. The third-order valence-electron chi connectivity index (χ3n) is 2.45. The molecule has 2 N–H and O–H groups in total. The SMILES string of the molecule is CC(CNC(=O)N(C)CCO)c1ccsc1. The average molecular weight is 242 g/mol. The Bertz CT molecular complexity index is 314. The molecule has 1 atom stereocenters. The second-order valence-corrected chi connectivity index (χ2v) is 4.57. The fourth-order valence-corrected chi connectivity index (χ4v) is 2.08. The summed E-state index contributed by atoms with van der Waals surface area (Å²) < 4.78 is 0. The normalized spacial score (nSPS) is 12.2. The van der Waals surface area contributed by atoms with E-state index in [-0.39, 0.29) is 12.6 Å². The molecule has 1 aromatic heterocycles. The second-order valence-electron chi connectivity index (χ2n) is 3.79. The van der Waals surface area contributed by atoms with Gasteiger partial charge in [0.05, 0.1) is 6.61 Å². The molecule has 90 valence electrons. The van der Waals surface area contributed by atoms with Crippen LogP contribution in [0.1, 0.15) is 18.4 Å². The lowest BCUT2D eigenvalue weighted by Gasteiger charge is -2.18. The first-order chi connectivity index (χ1) is 7.65. The lowest BCUT2D eigenvalue weighted by atomic mass is 10.1. The van der Waals surface area contributed by atoms with Gasteiger partial charge >= 0.3 is 6.03 Å². The van der Waals surface area contributed by atoms with Gasteiger partial charge in [0.2, 0.25) is 0 Å². The Morgan fingerprint density at radius 3 is 3.00 bits per heavy atom. The molecule has 1 aromatic rings. The summed E-state index contributed by atoms with van der Waals surface area (Å²) in [5.41, 5.74) is 1.25.